The number of hydrogen-bond acceptors (Lipinski definition) is 3. The van der Waals surface area contributed by atoms with E-state index in [1.807, 2.05) is 0 Å². The van der Waals surface area contributed by atoms with E-state index < -0.39 is 5.82 Å². The van der Waals surface area contributed by atoms with E-state index >= 15 is 0 Å². The standard InChI is InChI=1S/C21H27ClFN5O3/c1-24-19(30)27-10-16(7-21(12-27)8-18(29)26-11-21)28(15-3-4-15)20(31)25-9-13-6-14(22)2-5-17(13)23/h2,5-6,15-16H,3-4,7-12H2,1H3,(H,24,30)(H,25,31)(H,26,29)/t16-,21?/m1/s1. The van der Waals surface area contributed by atoms with E-state index in [4.69, 9.17) is 11.6 Å². The van der Waals surface area contributed by atoms with Gasteiger partial charge in [-0.3, -0.25) is 4.79 Å². The van der Waals surface area contributed by atoms with Crippen LogP contribution in [-0.2, 0) is 11.3 Å². The van der Waals surface area contributed by atoms with Gasteiger partial charge in [-0.25, -0.2) is 14.0 Å². The lowest BCUT2D eigenvalue weighted by atomic mass is 9.76. The number of amides is 5. The van der Waals surface area contributed by atoms with Gasteiger partial charge in [-0.15, -0.1) is 0 Å². The molecule has 2 saturated heterocycles. The van der Waals surface area contributed by atoms with Crippen LogP contribution in [0.3, 0.4) is 0 Å². The summed E-state index contributed by atoms with van der Waals surface area (Å²) in [7, 11) is 1.57. The third-order valence-electron chi connectivity index (χ3n) is 6.33. The maximum absolute atomic E-state index is 14.0. The van der Waals surface area contributed by atoms with Crippen LogP contribution in [-0.4, -0.2) is 66.5 Å². The zero-order valence-corrected chi connectivity index (χ0v) is 18.2. The Balaban J connectivity index is 1.52. The fourth-order valence-corrected chi connectivity index (χ4v) is 4.98. The molecule has 3 aliphatic rings. The molecular formula is C21H27ClFN5O3. The number of nitrogens with zero attached hydrogens (tertiary/aromatic N) is 2. The molecule has 1 aliphatic carbocycles. The van der Waals surface area contributed by atoms with E-state index in [9.17, 15) is 18.8 Å². The summed E-state index contributed by atoms with van der Waals surface area (Å²) in [5.41, 5.74) is -0.0757. The van der Waals surface area contributed by atoms with E-state index in [2.05, 4.69) is 16.0 Å². The summed E-state index contributed by atoms with van der Waals surface area (Å²) in [6, 6.07) is 3.58. The number of carbonyl (C=O) groups excluding carboxylic acids is 3. The maximum atomic E-state index is 14.0. The minimum Gasteiger partial charge on any atom is -0.355 e. The highest BCUT2D eigenvalue weighted by molar-refractivity contribution is 6.30. The van der Waals surface area contributed by atoms with Crippen molar-refractivity contribution in [3.63, 3.8) is 0 Å². The van der Waals surface area contributed by atoms with Gasteiger partial charge in [-0.05, 0) is 37.5 Å². The lowest BCUT2D eigenvalue weighted by molar-refractivity contribution is -0.120. The predicted molar refractivity (Wildman–Crippen MR) is 113 cm³/mol. The minimum atomic E-state index is -0.430. The molecule has 3 N–H and O–H groups in total. The highest BCUT2D eigenvalue weighted by Gasteiger charge is 2.50. The SMILES string of the molecule is CNC(=O)N1C[C@H](N(C(=O)NCc2cc(Cl)ccc2F)C2CC2)CC2(CNC(=O)C2)C1. The summed E-state index contributed by atoms with van der Waals surface area (Å²) >= 11 is 5.95. The quantitative estimate of drug-likeness (QED) is 0.654. The molecular weight excluding hydrogens is 425 g/mol. The van der Waals surface area contributed by atoms with Crippen LogP contribution >= 0.6 is 11.6 Å². The van der Waals surface area contributed by atoms with Gasteiger partial charge in [-0.1, -0.05) is 11.6 Å². The van der Waals surface area contributed by atoms with Crippen molar-refractivity contribution in [3.8, 4) is 0 Å². The number of likely N-dealkylation sites (tertiary alicyclic amines) is 1. The molecule has 0 aromatic heterocycles. The Bertz CT molecular complexity index is 896. The summed E-state index contributed by atoms with van der Waals surface area (Å²) in [5.74, 6) is -0.461. The van der Waals surface area contributed by atoms with Crippen molar-refractivity contribution in [2.75, 3.05) is 26.7 Å². The fourth-order valence-electron chi connectivity index (χ4n) is 4.78. The Morgan fingerprint density at radius 2 is 2.13 bits per heavy atom. The smallest absolute Gasteiger partial charge is 0.318 e. The lowest BCUT2D eigenvalue weighted by Gasteiger charge is -2.47. The Labute approximate surface area is 185 Å². The van der Waals surface area contributed by atoms with Gasteiger partial charge in [0.05, 0.1) is 6.04 Å². The highest BCUT2D eigenvalue weighted by Crippen LogP contribution is 2.40. The molecule has 1 aromatic rings. The zero-order chi connectivity index (χ0) is 22.2. The average Bonchev–Trinajstić information content (AvgIpc) is 3.51. The van der Waals surface area contributed by atoms with Crippen LogP contribution in [0.15, 0.2) is 18.2 Å². The molecule has 31 heavy (non-hydrogen) atoms. The van der Waals surface area contributed by atoms with Gasteiger partial charge >= 0.3 is 12.1 Å². The first-order chi connectivity index (χ1) is 14.8. The van der Waals surface area contributed by atoms with Crippen molar-refractivity contribution in [1.29, 1.82) is 0 Å². The molecule has 4 rings (SSSR count). The van der Waals surface area contributed by atoms with Gasteiger partial charge in [0, 0.05) is 61.7 Å². The fraction of sp³-hybridized carbons (Fsp3) is 0.571. The second-order valence-electron chi connectivity index (χ2n) is 8.78. The van der Waals surface area contributed by atoms with Crippen LogP contribution in [0.1, 0.15) is 31.2 Å². The molecule has 3 fully saturated rings. The van der Waals surface area contributed by atoms with Crippen LogP contribution in [0.25, 0.3) is 0 Å². The molecule has 1 unspecified atom stereocenters. The molecule has 1 saturated carbocycles. The van der Waals surface area contributed by atoms with Gasteiger partial charge in [0.1, 0.15) is 5.82 Å². The molecule has 168 valence electrons. The number of nitrogens with one attached hydrogen (secondary N) is 3. The van der Waals surface area contributed by atoms with Crippen molar-refractivity contribution >= 4 is 29.6 Å². The van der Waals surface area contributed by atoms with Crippen LogP contribution in [0.4, 0.5) is 14.0 Å². The average molecular weight is 452 g/mol. The number of halogens is 2. The Kier molecular flexibility index (Phi) is 5.96. The van der Waals surface area contributed by atoms with Crippen LogP contribution in [0.2, 0.25) is 5.02 Å². The van der Waals surface area contributed by atoms with E-state index in [0.717, 1.165) is 12.8 Å². The topological polar surface area (TPSA) is 93.8 Å². The molecule has 10 heteroatoms. The van der Waals surface area contributed by atoms with Crippen molar-refractivity contribution in [3.05, 3.63) is 34.6 Å². The Hall–Kier alpha value is -2.55. The van der Waals surface area contributed by atoms with Crippen molar-refractivity contribution in [1.82, 2.24) is 25.8 Å². The lowest BCUT2D eigenvalue weighted by Crippen LogP contribution is -2.61. The van der Waals surface area contributed by atoms with E-state index in [0.29, 0.717) is 43.1 Å². The van der Waals surface area contributed by atoms with Crippen molar-refractivity contribution in [2.45, 2.75) is 44.3 Å². The molecule has 1 spiro atoms. The molecule has 2 aliphatic heterocycles. The molecule has 8 nitrogen and oxygen atoms in total. The highest BCUT2D eigenvalue weighted by atomic mass is 35.5. The third kappa shape index (κ3) is 4.71. The largest absolute Gasteiger partial charge is 0.355 e. The number of rotatable bonds is 4. The van der Waals surface area contributed by atoms with E-state index in [1.165, 1.54) is 18.2 Å². The first kappa shape index (κ1) is 21.7. The monoisotopic (exact) mass is 451 g/mol. The number of benzene rings is 1. The summed E-state index contributed by atoms with van der Waals surface area (Å²) in [6.45, 7) is 1.37. The van der Waals surface area contributed by atoms with Crippen molar-refractivity contribution < 1.29 is 18.8 Å². The third-order valence-corrected chi connectivity index (χ3v) is 6.56. The van der Waals surface area contributed by atoms with Crippen LogP contribution in [0.5, 0.6) is 0 Å². The molecule has 1 aromatic carbocycles. The number of hydrogen-bond donors (Lipinski definition) is 3. The second kappa shape index (κ2) is 8.53. The maximum Gasteiger partial charge on any atom is 0.318 e. The number of piperidine rings is 1. The molecule has 5 amide bonds. The summed E-state index contributed by atoms with van der Waals surface area (Å²) in [5, 5.41) is 8.75. The second-order valence-corrected chi connectivity index (χ2v) is 9.22. The first-order valence-corrected chi connectivity index (χ1v) is 10.9. The van der Waals surface area contributed by atoms with Gasteiger partial charge in [0.25, 0.3) is 0 Å². The molecule has 2 heterocycles. The summed E-state index contributed by atoms with van der Waals surface area (Å²) in [4.78, 5) is 41.0. The molecule has 0 radical (unpaired) electrons. The van der Waals surface area contributed by atoms with Crippen molar-refractivity contribution in [2.24, 2.45) is 5.41 Å². The summed E-state index contributed by atoms with van der Waals surface area (Å²) < 4.78 is 14.0. The van der Waals surface area contributed by atoms with E-state index in [1.54, 1.807) is 16.8 Å². The summed E-state index contributed by atoms with van der Waals surface area (Å²) in [6.07, 6.45) is 2.75. The first-order valence-electron chi connectivity index (χ1n) is 10.5. The normalized spacial score (nSPS) is 25.3. The number of urea groups is 2. The van der Waals surface area contributed by atoms with Gasteiger partial charge < -0.3 is 25.8 Å². The minimum absolute atomic E-state index is 0.0194. The Morgan fingerprint density at radius 3 is 2.77 bits per heavy atom. The van der Waals surface area contributed by atoms with Crippen LogP contribution in [0, 0.1) is 11.2 Å². The van der Waals surface area contributed by atoms with Gasteiger partial charge in [0.15, 0.2) is 0 Å². The van der Waals surface area contributed by atoms with Gasteiger partial charge in [0.2, 0.25) is 5.91 Å². The molecule has 2 atom stereocenters. The predicted octanol–water partition coefficient (Wildman–Crippen LogP) is 2.07. The number of carbonyl (C=O) groups is 3. The van der Waals surface area contributed by atoms with Gasteiger partial charge in [-0.2, -0.15) is 0 Å². The van der Waals surface area contributed by atoms with E-state index in [-0.39, 0.29) is 42.0 Å². The molecule has 0 bridgehead atoms. The van der Waals surface area contributed by atoms with Crippen LogP contribution < -0.4 is 16.0 Å². The Morgan fingerprint density at radius 1 is 1.35 bits per heavy atom. The zero-order valence-electron chi connectivity index (χ0n) is 17.4.